The number of nitrogens with zero attached hydrogens (tertiary/aromatic N) is 2. The van der Waals surface area contributed by atoms with Crippen molar-refractivity contribution in [3.05, 3.63) is 98.2 Å². The number of nitrogens with one attached hydrogen (secondary N) is 2. The van der Waals surface area contributed by atoms with Crippen LogP contribution in [0, 0.1) is 19.7 Å². The number of amides is 2. The largest absolute Gasteiger partial charge is 0.388 e. The van der Waals surface area contributed by atoms with Crippen LogP contribution in [0.5, 0.6) is 0 Å². The van der Waals surface area contributed by atoms with Crippen LogP contribution < -0.4 is 10.9 Å². The quantitative estimate of drug-likeness (QED) is 0.425. The number of aliphatic hydroxyl groups is 1. The Balaban J connectivity index is 1.49. The first-order chi connectivity index (χ1) is 18.4. The molecule has 3 N–H and O–H groups in total. The number of aryl methyl sites for hydroxylation is 2. The summed E-state index contributed by atoms with van der Waals surface area (Å²) in [5.74, 6) is -1.36. The van der Waals surface area contributed by atoms with Gasteiger partial charge in [-0.05, 0) is 87.6 Å². The molecule has 3 aromatic rings. The second-order valence-corrected chi connectivity index (χ2v) is 10.9. The highest BCUT2D eigenvalue weighted by molar-refractivity contribution is 5.96. The van der Waals surface area contributed by atoms with Crippen LogP contribution in [-0.2, 0) is 4.79 Å². The first-order valence-corrected chi connectivity index (χ1v) is 13.1. The van der Waals surface area contributed by atoms with Crippen LogP contribution in [0.1, 0.15) is 83.9 Å². The van der Waals surface area contributed by atoms with E-state index < -0.39 is 29.4 Å². The van der Waals surface area contributed by atoms with E-state index >= 15 is 0 Å². The van der Waals surface area contributed by atoms with Crippen molar-refractivity contribution < 1.29 is 19.1 Å². The fraction of sp³-hybridized carbons (Fsp3) is 0.400. The van der Waals surface area contributed by atoms with Gasteiger partial charge >= 0.3 is 0 Å². The average Bonchev–Trinajstić information content (AvgIpc) is 3.34. The number of aromatic nitrogens is 2. The minimum absolute atomic E-state index is 0.206. The lowest BCUT2D eigenvalue weighted by Crippen LogP contribution is -2.51. The predicted molar refractivity (Wildman–Crippen MR) is 146 cm³/mol. The van der Waals surface area contributed by atoms with Gasteiger partial charge in [0.25, 0.3) is 11.5 Å². The van der Waals surface area contributed by atoms with E-state index in [1.807, 2.05) is 19.9 Å². The number of hydrogen-bond acceptors (Lipinski definition) is 5. The number of halogens is 1. The molecule has 1 aliphatic rings. The standard InChI is InChI=1S/C30H35FN4O4/c1-17-13-21(9-10-23(17)19(3)24-14-18(2)33-34-29(24)38)28(37)32-16-27(36)35-25(11-12-26(35)30(4,5)39)20-7-6-8-22(31)15-20/h6-10,13-15,19,25-26,39H,11-12,16H2,1-5H3,(H,32,37)(H,34,38)/t19?,25-,26?/m0/s1. The Bertz CT molecular complexity index is 1450. The average molecular weight is 535 g/mol. The monoisotopic (exact) mass is 534 g/mol. The van der Waals surface area contributed by atoms with Crippen molar-refractivity contribution >= 4 is 11.8 Å². The molecule has 3 atom stereocenters. The molecule has 1 aromatic heterocycles. The number of carbonyl (C=O) groups excluding carboxylic acids is 2. The van der Waals surface area contributed by atoms with E-state index in [-0.39, 0.29) is 23.9 Å². The molecule has 0 radical (unpaired) electrons. The van der Waals surface area contributed by atoms with Crippen LogP contribution in [0.25, 0.3) is 0 Å². The Morgan fingerprint density at radius 3 is 2.56 bits per heavy atom. The Kier molecular flexibility index (Phi) is 8.02. The SMILES string of the molecule is Cc1cc(C(C)c2ccc(C(=O)NCC(=O)N3C(C(C)(C)O)CC[C@H]3c3cccc(F)c3)cc2C)c(=O)[nH]n1. The molecule has 2 aromatic carbocycles. The van der Waals surface area contributed by atoms with Crippen LogP contribution in [0.4, 0.5) is 4.39 Å². The smallest absolute Gasteiger partial charge is 0.267 e. The van der Waals surface area contributed by atoms with Crippen LogP contribution >= 0.6 is 0 Å². The van der Waals surface area contributed by atoms with Crippen molar-refractivity contribution in [3.63, 3.8) is 0 Å². The lowest BCUT2D eigenvalue weighted by Gasteiger charge is -2.37. The van der Waals surface area contributed by atoms with Crippen molar-refractivity contribution in [3.8, 4) is 0 Å². The molecule has 1 aliphatic heterocycles. The molecule has 0 aliphatic carbocycles. The number of H-pyrrole nitrogens is 1. The molecule has 39 heavy (non-hydrogen) atoms. The molecule has 1 saturated heterocycles. The maximum atomic E-state index is 13.9. The van der Waals surface area contributed by atoms with Crippen molar-refractivity contribution in [2.45, 2.75) is 71.1 Å². The van der Waals surface area contributed by atoms with Crippen LogP contribution in [-0.4, -0.2) is 50.2 Å². The van der Waals surface area contributed by atoms with E-state index in [2.05, 4.69) is 15.5 Å². The zero-order valence-electron chi connectivity index (χ0n) is 22.9. The van der Waals surface area contributed by atoms with Crippen molar-refractivity contribution in [2.24, 2.45) is 0 Å². The summed E-state index contributed by atoms with van der Waals surface area (Å²) in [6.45, 7) is 8.64. The van der Waals surface area contributed by atoms with Gasteiger partial charge in [-0.15, -0.1) is 0 Å². The number of hydrogen-bond donors (Lipinski definition) is 3. The van der Waals surface area contributed by atoms with E-state index in [1.165, 1.54) is 12.1 Å². The molecule has 0 spiro atoms. The summed E-state index contributed by atoms with van der Waals surface area (Å²) in [5, 5.41) is 19.9. The fourth-order valence-electron chi connectivity index (χ4n) is 5.56. The Labute approximate surface area is 227 Å². The molecular formula is C30H35FN4O4. The Morgan fingerprint density at radius 1 is 1.15 bits per heavy atom. The highest BCUT2D eigenvalue weighted by atomic mass is 19.1. The Hall–Kier alpha value is -3.85. The minimum Gasteiger partial charge on any atom is -0.388 e. The van der Waals surface area contributed by atoms with E-state index in [0.29, 0.717) is 35.2 Å². The van der Waals surface area contributed by atoms with Gasteiger partial charge in [0.05, 0.1) is 29.9 Å². The summed E-state index contributed by atoms with van der Waals surface area (Å²) in [4.78, 5) is 40.3. The fourth-order valence-corrected chi connectivity index (χ4v) is 5.56. The summed E-state index contributed by atoms with van der Waals surface area (Å²) in [6.07, 6.45) is 1.14. The van der Waals surface area contributed by atoms with Gasteiger partial charge in [0.2, 0.25) is 5.91 Å². The molecule has 0 bridgehead atoms. The summed E-state index contributed by atoms with van der Waals surface area (Å²) in [5.41, 5.74) is 2.66. The molecule has 206 valence electrons. The zero-order chi connectivity index (χ0) is 28.5. The van der Waals surface area contributed by atoms with E-state index in [9.17, 15) is 23.9 Å². The highest BCUT2D eigenvalue weighted by Crippen LogP contribution is 2.40. The summed E-state index contributed by atoms with van der Waals surface area (Å²) >= 11 is 0. The molecule has 0 saturated carbocycles. The molecule has 8 nitrogen and oxygen atoms in total. The molecular weight excluding hydrogens is 499 g/mol. The predicted octanol–water partition coefficient (Wildman–Crippen LogP) is 3.91. The summed E-state index contributed by atoms with van der Waals surface area (Å²) < 4.78 is 13.9. The van der Waals surface area contributed by atoms with Gasteiger partial charge in [-0.25, -0.2) is 9.49 Å². The first-order valence-electron chi connectivity index (χ1n) is 13.1. The second-order valence-electron chi connectivity index (χ2n) is 10.9. The van der Waals surface area contributed by atoms with Gasteiger partial charge in [-0.3, -0.25) is 14.4 Å². The third kappa shape index (κ3) is 6.09. The number of rotatable bonds is 7. The van der Waals surface area contributed by atoms with Gasteiger partial charge < -0.3 is 15.3 Å². The van der Waals surface area contributed by atoms with Crippen LogP contribution in [0.3, 0.4) is 0 Å². The maximum absolute atomic E-state index is 13.9. The lowest BCUT2D eigenvalue weighted by atomic mass is 9.89. The molecule has 9 heteroatoms. The summed E-state index contributed by atoms with van der Waals surface area (Å²) in [7, 11) is 0. The Morgan fingerprint density at radius 2 is 1.90 bits per heavy atom. The molecule has 4 rings (SSSR count). The third-order valence-electron chi connectivity index (χ3n) is 7.55. The number of benzene rings is 2. The van der Waals surface area contributed by atoms with Gasteiger partial charge in [-0.2, -0.15) is 5.10 Å². The van der Waals surface area contributed by atoms with Gasteiger partial charge in [0, 0.05) is 17.0 Å². The van der Waals surface area contributed by atoms with E-state index in [0.717, 1.165) is 11.1 Å². The third-order valence-corrected chi connectivity index (χ3v) is 7.55. The molecule has 2 amide bonds. The molecule has 1 fully saturated rings. The highest BCUT2D eigenvalue weighted by Gasteiger charge is 2.44. The first kappa shape index (κ1) is 28.2. The van der Waals surface area contributed by atoms with Gasteiger partial charge in [0.15, 0.2) is 0 Å². The van der Waals surface area contributed by atoms with Crippen molar-refractivity contribution in [2.75, 3.05) is 6.54 Å². The van der Waals surface area contributed by atoms with Crippen LogP contribution in [0.2, 0.25) is 0 Å². The number of carbonyl (C=O) groups is 2. The van der Waals surface area contributed by atoms with Gasteiger partial charge in [-0.1, -0.05) is 25.1 Å². The molecule has 2 heterocycles. The number of aromatic amines is 1. The van der Waals surface area contributed by atoms with Crippen LogP contribution in [0.15, 0.2) is 53.3 Å². The van der Waals surface area contributed by atoms with Gasteiger partial charge in [0.1, 0.15) is 5.82 Å². The number of likely N-dealkylation sites (tertiary alicyclic amines) is 1. The molecule has 2 unspecified atom stereocenters. The van der Waals surface area contributed by atoms with E-state index in [4.69, 9.17) is 0 Å². The van der Waals surface area contributed by atoms with Crippen molar-refractivity contribution in [1.82, 2.24) is 20.4 Å². The normalized spacial score (nSPS) is 18.2. The summed E-state index contributed by atoms with van der Waals surface area (Å²) in [6, 6.07) is 12.2. The van der Waals surface area contributed by atoms with E-state index in [1.54, 1.807) is 56.0 Å². The topological polar surface area (TPSA) is 115 Å². The zero-order valence-corrected chi connectivity index (χ0v) is 22.9. The second kappa shape index (κ2) is 11.1. The maximum Gasteiger partial charge on any atom is 0.267 e. The lowest BCUT2D eigenvalue weighted by molar-refractivity contribution is -0.138. The van der Waals surface area contributed by atoms with Crippen molar-refractivity contribution in [1.29, 1.82) is 0 Å². The minimum atomic E-state index is -1.17.